The van der Waals surface area contributed by atoms with Crippen molar-refractivity contribution >= 4 is 53.7 Å². The molecular formula is C87H196N10O38. The lowest BCUT2D eigenvalue weighted by molar-refractivity contribution is -0.139. The van der Waals surface area contributed by atoms with Crippen LogP contribution in [0.25, 0.3) is 0 Å². The van der Waals surface area contributed by atoms with Gasteiger partial charge in [0.25, 0.3) is 0 Å². The lowest BCUT2D eigenvalue weighted by atomic mass is 10.1. The molecule has 0 fully saturated rings. The number of carboxylic acids is 9. The monoisotopic (exact) mass is 1990 g/mol. The zero-order valence-corrected chi connectivity index (χ0v) is 82.2. The smallest absolute Gasteiger partial charge is 0.327 e. The predicted molar refractivity (Wildman–Crippen MR) is 520 cm³/mol. The number of unbranched alkanes of at least 4 members (excludes halogenated alkanes) is 15. The van der Waals surface area contributed by atoms with Crippen LogP contribution in [0, 0.1) is 0 Å². The molecule has 0 rings (SSSR count). The maximum absolute atomic E-state index is 10.0. The first-order chi connectivity index (χ1) is 64.7. The van der Waals surface area contributed by atoms with Gasteiger partial charge in [-0.2, -0.15) is 0 Å². The number of rotatable bonds is 73. The van der Waals surface area contributed by atoms with Gasteiger partial charge < -0.3 is 201 Å². The first-order valence-corrected chi connectivity index (χ1v) is 46.3. The molecule has 0 atom stereocenters. The van der Waals surface area contributed by atoms with Crippen molar-refractivity contribution in [1.82, 2.24) is 53.2 Å². The van der Waals surface area contributed by atoms with Gasteiger partial charge in [0.05, 0.1) is 132 Å². The van der Waals surface area contributed by atoms with Gasteiger partial charge in [0.1, 0.15) is 0 Å². The SMILES string of the molecule is CCCC=CC(=O)O.CCCCC=CC(=O)O.CCCCCC(=O)O.CCCCCCC(=O)O.CCCCCCCC(=O)O.O=C(O)CCCCC(=O)O.O=C(O)CCCCCC(=O)O.OCCNCCO.OCCNCCO.OCCNCCO.OCCNCCO.OCCNCCO.OCCNCCO.OCCNCCO.OCCNCCO.OCCNCCO.OCCNCCO. The van der Waals surface area contributed by atoms with Gasteiger partial charge in [-0.15, -0.1) is 0 Å². The van der Waals surface area contributed by atoms with Crippen LogP contribution < -0.4 is 53.2 Å². The Morgan fingerprint density at radius 3 is 0.415 bits per heavy atom. The van der Waals surface area contributed by atoms with Crippen LogP contribution in [0.1, 0.15) is 221 Å². The van der Waals surface area contributed by atoms with Crippen LogP contribution in [0.15, 0.2) is 24.3 Å². The summed E-state index contributed by atoms with van der Waals surface area (Å²) in [6.45, 7) is 24.6. The van der Waals surface area contributed by atoms with Crippen molar-refractivity contribution in [2.24, 2.45) is 0 Å². The first-order valence-electron chi connectivity index (χ1n) is 46.3. The maximum Gasteiger partial charge on any atom is 0.327 e. The molecule has 0 saturated carbocycles. The van der Waals surface area contributed by atoms with Crippen molar-refractivity contribution in [2.75, 3.05) is 263 Å². The van der Waals surface area contributed by atoms with E-state index in [1.54, 1.807) is 12.2 Å². The largest absolute Gasteiger partial charge is 0.481 e. The summed E-state index contributed by atoms with van der Waals surface area (Å²) in [7, 11) is 0. The van der Waals surface area contributed by atoms with Crippen LogP contribution in [0.2, 0.25) is 0 Å². The molecule has 0 radical (unpaired) electrons. The molecule has 0 aromatic rings. The van der Waals surface area contributed by atoms with Crippen molar-refractivity contribution in [3.05, 3.63) is 24.3 Å². The summed E-state index contributed by atoms with van der Waals surface area (Å²) < 4.78 is 0. The Kier molecular flexibility index (Phi) is 237. The fourth-order valence-electron chi connectivity index (χ4n) is 7.08. The molecule has 0 spiro atoms. The summed E-state index contributed by atoms with van der Waals surface area (Å²) in [5.41, 5.74) is 0. The number of carboxylic acid groups (broad SMARTS) is 9. The predicted octanol–water partition coefficient (Wildman–Crippen LogP) is -3.20. The van der Waals surface area contributed by atoms with Crippen LogP contribution in [-0.4, -0.2) is 465 Å². The van der Waals surface area contributed by atoms with Crippen LogP contribution in [-0.2, 0) is 43.2 Å². The molecule has 0 heterocycles. The molecule has 39 N–H and O–H groups in total. The van der Waals surface area contributed by atoms with Gasteiger partial charge in [0.15, 0.2) is 0 Å². The van der Waals surface area contributed by atoms with E-state index in [2.05, 4.69) is 80.9 Å². The zero-order valence-electron chi connectivity index (χ0n) is 82.2. The molecule has 822 valence electrons. The Hall–Kier alpha value is -6.49. The Morgan fingerprint density at radius 2 is 0.281 bits per heavy atom. The number of carbonyl (C=O) groups is 9. The van der Waals surface area contributed by atoms with Crippen molar-refractivity contribution in [2.45, 2.75) is 221 Å². The van der Waals surface area contributed by atoms with Gasteiger partial charge in [-0.3, -0.25) is 33.6 Å². The van der Waals surface area contributed by atoms with Gasteiger partial charge in [-0.25, -0.2) is 9.59 Å². The van der Waals surface area contributed by atoms with Crippen molar-refractivity contribution < 1.29 is 191 Å². The maximum atomic E-state index is 10.0. The summed E-state index contributed by atoms with van der Waals surface area (Å²) in [5, 5.41) is 264. The molecule has 0 aliphatic heterocycles. The molecule has 0 unspecified atom stereocenters. The van der Waals surface area contributed by atoms with Crippen molar-refractivity contribution in [3.8, 4) is 0 Å². The number of allylic oxidation sites excluding steroid dienone is 2. The fraction of sp³-hybridized carbons (Fsp3) is 0.851. The van der Waals surface area contributed by atoms with E-state index in [0.29, 0.717) is 182 Å². The van der Waals surface area contributed by atoms with Crippen molar-refractivity contribution in [1.29, 1.82) is 0 Å². The third kappa shape index (κ3) is 334. The van der Waals surface area contributed by atoms with E-state index < -0.39 is 53.7 Å². The van der Waals surface area contributed by atoms with E-state index in [1.165, 1.54) is 37.8 Å². The molecule has 0 aliphatic carbocycles. The Bertz CT molecular complexity index is 1930. The topological polar surface area (TPSA) is 861 Å². The van der Waals surface area contributed by atoms with Crippen LogP contribution in [0.4, 0.5) is 0 Å². The quantitative estimate of drug-likeness (QED) is 0.0211. The molecule has 0 aromatic heterocycles. The molecule has 0 aromatic carbocycles. The third-order valence-electron chi connectivity index (χ3n) is 13.5. The standard InChI is InChI=1S/C8H16O2.C7H12O4.C7H14O2.C7H12O2.C6H10O4.C6H12O2.C6H10O2.10C4H11NO2/c1-2-3-4-5-6-7-8(9)10;8-6(9)4-2-1-3-5-7(10)11;2*1-2-3-4-5-6-7(8)9;7-5(8)3-1-2-4-6(9)10;2*1-2-3-4-5-6(7)8;10*6-3-1-5-2-4-7/h2-7H2,1H3,(H,9,10);1-5H2,(H,8,9)(H,10,11);2-6H2,1H3,(H,8,9);5-6H,2-4H2,1H3,(H,8,9);1-4H2,(H,7,8)(H,9,10);2-5H2,1H3,(H,7,8);4-5H,2-3H2,1H3,(H,7,8);10*5-7H,1-4H2. The molecule has 0 amide bonds. The summed E-state index contributed by atoms with van der Waals surface area (Å²) >= 11 is 0. The molecule has 0 aliphatic rings. The minimum Gasteiger partial charge on any atom is -0.481 e. The van der Waals surface area contributed by atoms with E-state index in [4.69, 9.17) is 148 Å². The van der Waals surface area contributed by atoms with E-state index in [1.807, 2.05) is 6.92 Å². The lowest BCUT2D eigenvalue weighted by Gasteiger charge is -1.95. The fourth-order valence-corrected chi connectivity index (χ4v) is 7.08. The molecular weight excluding hydrogens is 1790 g/mol. The number of hydrogen-bond acceptors (Lipinski definition) is 39. The summed E-state index contributed by atoms with van der Waals surface area (Å²) in [5.74, 6) is -7.12. The Balaban J connectivity index is -0.0000000732. The second-order valence-electron chi connectivity index (χ2n) is 26.3. The van der Waals surface area contributed by atoms with Crippen molar-refractivity contribution in [3.63, 3.8) is 0 Å². The summed E-state index contributed by atoms with van der Waals surface area (Å²) in [4.78, 5) is 89.3. The summed E-state index contributed by atoms with van der Waals surface area (Å²) in [6.07, 6.45) is 27.5. The van der Waals surface area contributed by atoms with Gasteiger partial charge in [-0.05, 0) is 57.8 Å². The molecule has 135 heavy (non-hydrogen) atoms. The van der Waals surface area contributed by atoms with E-state index in [-0.39, 0.29) is 158 Å². The second kappa shape index (κ2) is 190. The van der Waals surface area contributed by atoms with E-state index in [9.17, 15) is 43.2 Å². The minimum absolute atomic E-state index is 0.0628. The number of nitrogens with one attached hydrogen (secondary N) is 10. The Labute approximate surface area is 803 Å². The Morgan fingerprint density at radius 1 is 0.163 bits per heavy atom. The zero-order chi connectivity index (χ0) is 107. The normalized spacial score (nSPS) is 9.52. The highest BCUT2D eigenvalue weighted by molar-refractivity contribution is 5.80. The highest BCUT2D eigenvalue weighted by atomic mass is 16.4. The van der Waals surface area contributed by atoms with Gasteiger partial charge in [-0.1, -0.05) is 130 Å². The average molecular weight is 1990 g/mol. The van der Waals surface area contributed by atoms with E-state index >= 15 is 0 Å². The van der Waals surface area contributed by atoms with Gasteiger partial charge in [0.2, 0.25) is 0 Å². The second-order valence-corrected chi connectivity index (χ2v) is 26.3. The summed E-state index contributed by atoms with van der Waals surface area (Å²) in [6, 6.07) is 0. The molecule has 48 nitrogen and oxygen atoms in total. The number of aliphatic hydroxyl groups is 20. The van der Waals surface area contributed by atoms with Crippen LogP contribution in [0.3, 0.4) is 0 Å². The van der Waals surface area contributed by atoms with Gasteiger partial charge >= 0.3 is 53.7 Å². The highest BCUT2D eigenvalue weighted by Crippen LogP contribution is 2.05. The minimum atomic E-state index is -0.870. The number of hydrogen-bond donors (Lipinski definition) is 39. The number of aliphatic hydroxyl groups excluding tert-OH is 20. The first kappa shape index (κ1) is 168. The molecule has 0 bridgehead atoms. The molecule has 48 heteroatoms. The van der Waals surface area contributed by atoms with Crippen LogP contribution >= 0.6 is 0 Å². The highest BCUT2D eigenvalue weighted by Gasteiger charge is 2.02. The average Bonchev–Trinajstić information content (AvgIpc) is 1.12. The lowest BCUT2D eigenvalue weighted by Crippen LogP contribution is -2.21. The van der Waals surface area contributed by atoms with Crippen LogP contribution in [0.5, 0.6) is 0 Å². The number of aliphatic carboxylic acids is 9. The van der Waals surface area contributed by atoms with E-state index in [0.717, 1.165) is 83.5 Å². The van der Waals surface area contributed by atoms with Gasteiger partial charge in [0, 0.05) is 188 Å². The third-order valence-corrected chi connectivity index (χ3v) is 13.5. The molecule has 0 saturated heterocycles.